The van der Waals surface area contributed by atoms with Gasteiger partial charge in [-0.15, -0.1) is 0 Å². The highest BCUT2D eigenvalue weighted by molar-refractivity contribution is 5.15. The quantitative estimate of drug-likeness (QED) is 0.671. The molecule has 0 radical (unpaired) electrons. The van der Waals surface area contributed by atoms with Gasteiger partial charge in [-0.2, -0.15) is 0 Å². The maximum absolute atomic E-state index is 10.8. The van der Waals surface area contributed by atoms with Crippen molar-refractivity contribution in [3.05, 3.63) is 0 Å². The third kappa shape index (κ3) is 0.986. The predicted molar refractivity (Wildman–Crippen MR) is 63.1 cm³/mol. The van der Waals surface area contributed by atoms with E-state index in [1.54, 1.807) is 0 Å². The Balaban J connectivity index is 1.69. The van der Waals surface area contributed by atoms with E-state index < -0.39 is 11.7 Å². The Kier molecular flexibility index (Phi) is 1.58. The van der Waals surface area contributed by atoms with E-state index in [1.165, 1.54) is 19.3 Å². The SMILES string of the molecule is OC1CC2C3CC4CC2C2CC1(O)CC3C2C4. The molecule has 0 saturated heterocycles. The zero-order chi connectivity index (χ0) is 11.4. The first-order valence-corrected chi connectivity index (χ1v) is 7.56. The van der Waals surface area contributed by atoms with Crippen molar-refractivity contribution in [3.8, 4) is 0 Å². The van der Waals surface area contributed by atoms with Crippen LogP contribution in [0.1, 0.15) is 38.5 Å². The van der Waals surface area contributed by atoms with E-state index in [0.717, 1.165) is 60.7 Å². The van der Waals surface area contributed by atoms with Gasteiger partial charge in [-0.1, -0.05) is 0 Å². The first kappa shape index (κ1) is 9.80. The topological polar surface area (TPSA) is 40.5 Å². The summed E-state index contributed by atoms with van der Waals surface area (Å²) in [6.45, 7) is 0. The smallest absolute Gasteiger partial charge is 0.0911 e. The molecule has 5 unspecified atom stereocenters. The minimum Gasteiger partial charge on any atom is -0.390 e. The lowest BCUT2D eigenvalue weighted by molar-refractivity contribution is -0.187. The van der Waals surface area contributed by atoms with Crippen LogP contribution in [0.5, 0.6) is 0 Å². The standard InChI is InChI=1S/C15H22O2/c16-14-4-11-8-1-7-2-9(11)13-6-15(14,17)5-12(8)10(13)3-7/h7-14,16-17H,1-6H2. The van der Waals surface area contributed by atoms with Gasteiger partial charge < -0.3 is 10.2 Å². The second-order valence-corrected chi connectivity index (χ2v) is 7.82. The lowest BCUT2D eigenvalue weighted by Gasteiger charge is -2.64. The molecule has 17 heavy (non-hydrogen) atoms. The summed E-state index contributed by atoms with van der Waals surface area (Å²) in [4.78, 5) is 0. The fourth-order valence-electron chi connectivity index (χ4n) is 7.00. The second kappa shape index (κ2) is 2.75. The Bertz CT molecular complexity index is 351. The van der Waals surface area contributed by atoms with E-state index in [2.05, 4.69) is 0 Å². The summed E-state index contributed by atoms with van der Waals surface area (Å²) in [6, 6.07) is 0. The van der Waals surface area contributed by atoms with Crippen LogP contribution in [0.3, 0.4) is 0 Å². The van der Waals surface area contributed by atoms with Crippen molar-refractivity contribution in [2.45, 2.75) is 50.2 Å². The van der Waals surface area contributed by atoms with Gasteiger partial charge in [0, 0.05) is 0 Å². The number of hydrogen-bond acceptors (Lipinski definition) is 2. The molecule has 7 aliphatic rings. The van der Waals surface area contributed by atoms with Crippen molar-refractivity contribution in [2.75, 3.05) is 0 Å². The molecular weight excluding hydrogens is 212 g/mol. The van der Waals surface area contributed by atoms with Gasteiger partial charge in [0.15, 0.2) is 0 Å². The molecule has 2 heteroatoms. The third-order valence-corrected chi connectivity index (χ3v) is 7.41. The molecule has 0 heterocycles. The van der Waals surface area contributed by atoms with Crippen LogP contribution in [0.15, 0.2) is 0 Å². The summed E-state index contributed by atoms with van der Waals surface area (Å²) in [7, 11) is 0. The highest BCUT2D eigenvalue weighted by atomic mass is 16.3. The fourth-order valence-corrected chi connectivity index (χ4v) is 7.00. The van der Waals surface area contributed by atoms with Crippen molar-refractivity contribution in [2.24, 2.45) is 41.4 Å². The van der Waals surface area contributed by atoms with Crippen LogP contribution in [0.4, 0.5) is 0 Å². The number of aliphatic hydroxyl groups is 2. The molecule has 0 spiro atoms. The Morgan fingerprint density at radius 1 is 0.706 bits per heavy atom. The van der Waals surface area contributed by atoms with E-state index >= 15 is 0 Å². The van der Waals surface area contributed by atoms with E-state index in [0.29, 0.717) is 0 Å². The molecular formula is C15H22O2. The molecule has 0 aromatic carbocycles. The Morgan fingerprint density at radius 3 is 1.76 bits per heavy atom. The van der Waals surface area contributed by atoms with E-state index in [-0.39, 0.29) is 0 Å². The highest BCUT2D eigenvalue weighted by Crippen LogP contribution is 2.69. The molecule has 2 nitrogen and oxygen atoms in total. The number of hydrogen-bond donors (Lipinski definition) is 2. The zero-order valence-electron chi connectivity index (χ0n) is 10.3. The van der Waals surface area contributed by atoms with Gasteiger partial charge >= 0.3 is 0 Å². The molecule has 7 aliphatic carbocycles. The maximum atomic E-state index is 10.8. The minimum absolute atomic E-state index is 0.428. The molecule has 7 saturated carbocycles. The van der Waals surface area contributed by atoms with Gasteiger partial charge in [0.25, 0.3) is 0 Å². The van der Waals surface area contributed by atoms with Crippen molar-refractivity contribution in [1.29, 1.82) is 0 Å². The second-order valence-electron chi connectivity index (χ2n) is 7.82. The lowest BCUT2D eigenvalue weighted by Crippen LogP contribution is -2.59. The van der Waals surface area contributed by atoms with Gasteiger partial charge in [-0.05, 0) is 80.0 Å². The molecule has 0 aliphatic heterocycles. The average molecular weight is 234 g/mol. The van der Waals surface area contributed by atoms with Crippen LogP contribution in [-0.4, -0.2) is 21.9 Å². The maximum Gasteiger partial charge on any atom is 0.0911 e. The van der Waals surface area contributed by atoms with Crippen LogP contribution in [0.25, 0.3) is 0 Å². The van der Waals surface area contributed by atoms with Crippen LogP contribution in [0.2, 0.25) is 0 Å². The molecule has 7 fully saturated rings. The third-order valence-electron chi connectivity index (χ3n) is 7.41. The van der Waals surface area contributed by atoms with E-state index in [4.69, 9.17) is 0 Å². The summed E-state index contributed by atoms with van der Waals surface area (Å²) >= 11 is 0. The van der Waals surface area contributed by atoms with E-state index in [9.17, 15) is 10.2 Å². The highest BCUT2D eigenvalue weighted by Gasteiger charge is 2.66. The van der Waals surface area contributed by atoms with Crippen molar-refractivity contribution in [1.82, 2.24) is 0 Å². The Hall–Kier alpha value is -0.0800. The first-order valence-electron chi connectivity index (χ1n) is 7.56. The Labute approximate surface area is 102 Å². The van der Waals surface area contributed by atoms with Gasteiger partial charge in [-0.25, -0.2) is 0 Å². The molecule has 7 rings (SSSR count). The van der Waals surface area contributed by atoms with Crippen LogP contribution < -0.4 is 0 Å². The predicted octanol–water partition coefficient (Wildman–Crippen LogP) is 1.80. The summed E-state index contributed by atoms with van der Waals surface area (Å²) in [5.41, 5.74) is -0.711. The van der Waals surface area contributed by atoms with Crippen LogP contribution >= 0.6 is 0 Å². The first-order chi connectivity index (χ1) is 8.16. The average Bonchev–Trinajstić information content (AvgIpc) is 2.47. The monoisotopic (exact) mass is 234 g/mol. The summed E-state index contributed by atoms with van der Waals surface area (Å²) < 4.78 is 0. The molecule has 5 atom stereocenters. The number of aliphatic hydroxyl groups excluding tert-OH is 1. The Morgan fingerprint density at radius 2 is 1.18 bits per heavy atom. The summed E-state index contributed by atoms with van der Waals surface area (Å²) in [6.07, 6.45) is 6.57. The van der Waals surface area contributed by atoms with E-state index in [1.807, 2.05) is 0 Å². The van der Waals surface area contributed by atoms with Gasteiger partial charge in [0.2, 0.25) is 0 Å². The molecule has 94 valence electrons. The largest absolute Gasteiger partial charge is 0.390 e. The van der Waals surface area contributed by atoms with Gasteiger partial charge in [0.1, 0.15) is 0 Å². The van der Waals surface area contributed by atoms with Gasteiger partial charge in [-0.3, -0.25) is 0 Å². The summed E-state index contributed by atoms with van der Waals surface area (Å²) in [5.74, 6) is 5.90. The molecule has 0 aromatic rings. The lowest BCUT2D eigenvalue weighted by atomic mass is 9.41. The molecule has 0 aromatic heterocycles. The van der Waals surface area contributed by atoms with Crippen LogP contribution in [0, 0.1) is 41.4 Å². The van der Waals surface area contributed by atoms with Crippen LogP contribution in [-0.2, 0) is 0 Å². The van der Waals surface area contributed by atoms with Crippen molar-refractivity contribution >= 4 is 0 Å². The molecule has 2 N–H and O–H groups in total. The minimum atomic E-state index is -0.711. The fraction of sp³-hybridized carbons (Fsp3) is 1.00. The molecule has 8 bridgehead atoms. The number of rotatable bonds is 0. The summed E-state index contributed by atoms with van der Waals surface area (Å²) in [5, 5.41) is 21.1. The van der Waals surface area contributed by atoms with Crippen molar-refractivity contribution < 1.29 is 10.2 Å². The number of fused-ring (bicyclic) bond motifs is 1. The normalized spacial score (nSPS) is 70.9. The zero-order valence-corrected chi connectivity index (χ0v) is 10.3. The molecule has 0 amide bonds. The van der Waals surface area contributed by atoms with Gasteiger partial charge in [0.05, 0.1) is 11.7 Å². The van der Waals surface area contributed by atoms with Crippen molar-refractivity contribution in [3.63, 3.8) is 0 Å².